The number of morpholine rings is 1. The lowest BCUT2D eigenvalue weighted by Crippen LogP contribution is -2.41. The summed E-state index contributed by atoms with van der Waals surface area (Å²) in [6.07, 6.45) is 0. The van der Waals surface area contributed by atoms with Crippen molar-refractivity contribution in [2.75, 3.05) is 43.6 Å². The number of rotatable bonds is 5. The van der Waals surface area contributed by atoms with Crippen molar-refractivity contribution in [1.82, 2.24) is 9.55 Å². The summed E-state index contributed by atoms with van der Waals surface area (Å²) in [7, 11) is 1.50. The Labute approximate surface area is 161 Å². The summed E-state index contributed by atoms with van der Waals surface area (Å²) in [5.74, 6) is 0.574. The zero-order valence-electron chi connectivity index (χ0n) is 15.2. The molecule has 1 saturated heterocycles. The summed E-state index contributed by atoms with van der Waals surface area (Å²) >= 11 is 6.00. The summed E-state index contributed by atoms with van der Waals surface area (Å²) in [6.45, 7) is 3.91. The predicted molar refractivity (Wildman–Crippen MR) is 103 cm³/mol. The van der Waals surface area contributed by atoms with Crippen LogP contribution in [0.2, 0.25) is 5.02 Å². The lowest BCUT2D eigenvalue weighted by molar-refractivity contribution is -0.116. The van der Waals surface area contributed by atoms with Gasteiger partial charge in [0.15, 0.2) is 0 Å². The Hall–Kier alpha value is -2.58. The quantitative estimate of drug-likeness (QED) is 0.833. The number of halogens is 1. The number of nitrogens with one attached hydrogen (secondary N) is 1. The minimum atomic E-state index is -0.377. The summed E-state index contributed by atoms with van der Waals surface area (Å²) in [4.78, 5) is 31.5. The maximum atomic E-state index is 12.6. The van der Waals surface area contributed by atoms with E-state index in [-0.39, 0.29) is 18.0 Å². The van der Waals surface area contributed by atoms with E-state index in [0.717, 1.165) is 0 Å². The Morgan fingerprint density at radius 3 is 2.78 bits per heavy atom. The van der Waals surface area contributed by atoms with Crippen LogP contribution in [0.4, 0.5) is 11.6 Å². The average molecular weight is 393 g/mol. The molecule has 0 spiro atoms. The highest BCUT2D eigenvalue weighted by Crippen LogP contribution is 2.27. The van der Waals surface area contributed by atoms with Gasteiger partial charge in [-0.25, -0.2) is 4.98 Å². The molecule has 3 rings (SSSR count). The average Bonchev–Trinajstić information content (AvgIpc) is 2.64. The number of carbonyl (C=O) groups is 1. The molecule has 2 heterocycles. The molecule has 0 radical (unpaired) electrons. The van der Waals surface area contributed by atoms with Crippen molar-refractivity contribution >= 4 is 29.1 Å². The second-order valence-corrected chi connectivity index (χ2v) is 6.55. The van der Waals surface area contributed by atoms with Crippen LogP contribution in [0, 0.1) is 6.92 Å². The number of aromatic nitrogens is 2. The highest BCUT2D eigenvalue weighted by molar-refractivity contribution is 6.31. The van der Waals surface area contributed by atoms with Crippen LogP contribution in [0.25, 0.3) is 0 Å². The van der Waals surface area contributed by atoms with Crippen molar-refractivity contribution in [3.05, 3.63) is 45.3 Å². The molecule has 1 aromatic carbocycles. The molecule has 0 atom stereocenters. The molecule has 1 amide bonds. The summed E-state index contributed by atoms with van der Waals surface area (Å²) in [5.41, 5.74) is 0.767. The standard InChI is InChI=1S/C18H21ClN4O4/c1-12-9-17(25)23(18(20-12)22-5-7-27-8-6-22)11-16(24)21-14-10-13(19)3-4-15(14)26-2/h3-4,9-10H,5-8,11H2,1-2H3,(H,21,24). The third-order valence-corrected chi connectivity index (χ3v) is 4.38. The number of methoxy groups -OCH3 is 1. The molecule has 1 aromatic heterocycles. The van der Waals surface area contributed by atoms with Crippen LogP contribution in [0.5, 0.6) is 5.75 Å². The third kappa shape index (κ3) is 4.58. The van der Waals surface area contributed by atoms with Crippen molar-refractivity contribution in [3.8, 4) is 5.75 Å². The molecule has 27 heavy (non-hydrogen) atoms. The fourth-order valence-electron chi connectivity index (χ4n) is 2.87. The minimum Gasteiger partial charge on any atom is -0.495 e. The summed E-state index contributed by atoms with van der Waals surface area (Å²) in [5, 5.41) is 3.21. The first-order chi connectivity index (χ1) is 13.0. The Morgan fingerprint density at radius 2 is 2.07 bits per heavy atom. The topological polar surface area (TPSA) is 85.7 Å². The van der Waals surface area contributed by atoms with Gasteiger partial charge in [-0.1, -0.05) is 11.6 Å². The normalized spacial score (nSPS) is 14.1. The highest BCUT2D eigenvalue weighted by atomic mass is 35.5. The largest absolute Gasteiger partial charge is 0.495 e. The highest BCUT2D eigenvalue weighted by Gasteiger charge is 2.20. The lowest BCUT2D eigenvalue weighted by Gasteiger charge is -2.29. The second kappa shape index (κ2) is 8.41. The van der Waals surface area contributed by atoms with Gasteiger partial charge in [0.1, 0.15) is 12.3 Å². The van der Waals surface area contributed by atoms with Crippen molar-refractivity contribution in [3.63, 3.8) is 0 Å². The fourth-order valence-corrected chi connectivity index (χ4v) is 3.04. The summed E-state index contributed by atoms with van der Waals surface area (Å²) < 4.78 is 12.0. The summed E-state index contributed by atoms with van der Waals surface area (Å²) in [6, 6.07) is 6.34. The van der Waals surface area contributed by atoms with E-state index in [9.17, 15) is 9.59 Å². The molecule has 9 heteroatoms. The number of benzene rings is 1. The number of carbonyl (C=O) groups excluding carboxylic acids is 1. The molecule has 1 N–H and O–H groups in total. The molecule has 1 aliphatic rings. The van der Waals surface area contributed by atoms with E-state index in [4.69, 9.17) is 21.1 Å². The molecule has 1 aliphatic heterocycles. The van der Waals surface area contributed by atoms with E-state index in [2.05, 4.69) is 10.3 Å². The number of nitrogens with zero attached hydrogens (tertiary/aromatic N) is 3. The maximum Gasteiger partial charge on any atom is 0.255 e. The van der Waals surface area contributed by atoms with Gasteiger partial charge in [-0.2, -0.15) is 0 Å². The monoisotopic (exact) mass is 392 g/mol. The minimum absolute atomic E-state index is 0.172. The second-order valence-electron chi connectivity index (χ2n) is 6.11. The first-order valence-electron chi connectivity index (χ1n) is 8.52. The van der Waals surface area contributed by atoms with E-state index >= 15 is 0 Å². The van der Waals surface area contributed by atoms with Gasteiger partial charge in [-0.15, -0.1) is 0 Å². The Bertz CT molecular complexity index is 893. The first-order valence-corrected chi connectivity index (χ1v) is 8.90. The van der Waals surface area contributed by atoms with Gasteiger partial charge in [0.2, 0.25) is 11.9 Å². The van der Waals surface area contributed by atoms with Crippen molar-refractivity contribution in [2.24, 2.45) is 0 Å². The SMILES string of the molecule is COc1ccc(Cl)cc1NC(=O)Cn1c(N2CCOCC2)nc(C)cc1=O. The van der Waals surface area contributed by atoms with Crippen molar-refractivity contribution in [1.29, 1.82) is 0 Å². The van der Waals surface area contributed by atoms with Crippen molar-refractivity contribution < 1.29 is 14.3 Å². The van der Waals surface area contributed by atoms with Gasteiger partial charge in [0, 0.05) is 29.9 Å². The van der Waals surface area contributed by atoms with Gasteiger partial charge in [0.25, 0.3) is 5.56 Å². The molecular formula is C18H21ClN4O4. The van der Waals surface area contributed by atoms with Crippen LogP contribution in [0.15, 0.2) is 29.1 Å². The maximum absolute atomic E-state index is 12.6. The van der Waals surface area contributed by atoms with Crippen LogP contribution in [-0.4, -0.2) is 48.9 Å². The van der Waals surface area contributed by atoms with Gasteiger partial charge in [-0.05, 0) is 25.1 Å². The van der Waals surface area contributed by atoms with Crippen LogP contribution in [0.3, 0.4) is 0 Å². The van der Waals surface area contributed by atoms with Gasteiger partial charge < -0.3 is 19.7 Å². The molecular weight excluding hydrogens is 372 g/mol. The van der Waals surface area contributed by atoms with E-state index in [1.165, 1.54) is 17.7 Å². The number of hydrogen-bond acceptors (Lipinski definition) is 6. The number of amides is 1. The zero-order chi connectivity index (χ0) is 19.4. The van der Waals surface area contributed by atoms with Crippen LogP contribution in [0.1, 0.15) is 5.69 Å². The van der Waals surface area contributed by atoms with E-state index in [1.807, 2.05) is 4.90 Å². The fraction of sp³-hybridized carbons (Fsp3) is 0.389. The van der Waals surface area contributed by atoms with Gasteiger partial charge in [0.05, 0.1) is 26.0 Å². The van der Waals surface area contributed by atoms with Gasteiger partial charge in [-0.3, -0.25) is 14.2 Å². The van der Waals surface area contributed by atoms with Crippen LogP contribution < -0.4 is 20.5 Å². The molecule has 1 fully saturated rings. The Balaban J connectivity index is 1.85. The number of aryl methyl sites for hydroxylation is 1. The van der Waals surface area contributed by atoms with E-state index in [0.29, 0.717) is 54.4 Å². The van der Waals surface area contributed by atoms with E-state index < -0.39 is 0 Å². The Kier molecular flexibility index (Phi) is 5.98. The lowest BCUT2D eigenvalue weighted by atomic mass is 10.3. The molecule has 0 saturated carbocycles. The molecule has 8 nitrogen and oxygen atoms in total. The molecule has 144 valence electrons. The number of ether oxygens (including phenoxy) is 2. The molecule has 0 aliphatic carbocycles. The Morgan fingerprint density at radius 1 is 1.33 bits per heavy atom. The van der Waals surface area contributed by atoms with Crippen molar-refractivity contribution in [2.45, 2.75) is 13.5 Å². The van der Waals surface area contributed by atoms with Crippen LogP contribution >= 0.6 is 11.6 Å². The smallest absolute Gasteiger partial charge is 0.255 e. The number of hydrogen-bond donors (Lipinski definition) is 1. The van der Waals surface area contributed by atoms with Gasteiger partial charge >= 0.3 is 0 Å². The van der Waals surface area contributed by atoms with E-state index in [1.54, 1.807) is 25.1 Å². The molecule has 0 bridgehead atoms. The predicted octanol–water partition coefficient (Wildman–Crippen LogP) is 1.69. The zero-order valence-corrected chi connectivity index (χ0v) is 16.0. The molecule has 0 unspecified atom stereocenters. The molecule has 2 aromatic rings. The first kappa shape index (κ1) is 19.2. The third-order valence-electron chi connectivity index (χ3n) is 4.15. The van der Waals surface area contributed by atoms with Crippen LogP contribution in [-0.2, 0) is 16.1 Å². The number of anilines is 2.